The van der Waals surface area contributed by atoms with Gasteiger partial charge in [0.2, 0.25) is 0 Å². The van der Waals surface area contributed by atoms with Crippen LogP contribution >= 0.6 is 0 Å². The lowest BCUT2D eigenvalue weighted by molar-refractivity contribution is -0.114. The molecule has 0 atom stereocenters. The molecule has 0 N–H and O–H groups in total. The van der Waals surface area contributed by atoms with Crippen molar-refractivity contribution >= 4 is 5.78 Å². The van der Waals surface area contributed by atoms with Crippen LogP contribution in [0, 0.1) is 6.92 Å². The van der Waals surface area contributed by atoms with E-state index >= 15 is 0 Å². The Morgan fingerprint density at radius 3 is 2.80 bits per heavy atom. The first-order chi connectivity index (χ1) is 7.16. The maximum absolute atomic E-state index is 11.1. The van der Waals surface area contributed by atoms with Gasteiger partial charge < -0.3 is 9.32 Å². The smallest absolute Gasteiger partial charge is 0.157 e. The number of nitrogens with zero attached hydrogens (tertiary/aromatic N) is 1. The second-order valence-corrected chi connectivity index (χ2v) is 3.96. The van der Waals surface area contributed by atoms with Gasteiger partial charge in [-0.2, -0.15) is 0 Å². The fourth-order valence-electron chi connectivity index (χ4n) is 1.81. The Morgan fingerprint density at radius 1 is 1.47 bits per heavy atom. The Labute approximate surface area is 89.4 Å². The monoisotopic (exact) mass is 205 g/mol. The Morgan fingerprint density at radius 2 is 2.27 bits per heavy atom. The maximum Gasteiger partial charge on any atom is 0.157 e. The van der Waals surface area contributed by atoms with Crippen LogP contribution in [0.2, 0.25) is 0 Å². The minimum Gasteiger partial charge on any atom is -0.469 e. The summed E-state index contributed by atoms with van der Waals surface area (Å²) in [7, 11) is 2.01. The number of furan rings is 1. The van der Waals surface area contributed by atoms with Crippen LogP contribution in [0.25, 0.3) is 0 Å². The molecule has 0 saturated carbocycles. The number of aryl methyl sites for hydroxylation is 1. The molecule has 0 aliphatic heterocycles. The van der Waals surface area contributed by atoms with Gasteiger partial charge in [0.05, 0.1) is 6.26 Å². The Balaban J connectivity index is 2.04. The Hall–Kier alpha value is -1.51. The summed E-state index contributed by atoms with van der Waals surface area (Å²) in [6.45, 7) is 2.76. The van der Waals surface area contributed by atoms with Crippen LogP contribution < -0.4 is 0 Å². The van der Waals surface area contributed by atoms with Crippen LogP contribution in [-0.2, 0) is 11.3 Å². The average Bonchev–Trinajstić information content (AvgIpc) is 2.77. The minimum absolute atomic E-state index is 0.237. The van der Waals surface area contributed by atoms with Crippen molar-refractivity contribution in [2.75, 3.05) is 7.05 Å². The van der Waals surface area contributed by atoms with Crippen molar-refractivity contribution in [3.8, 4) is 0 Å². The van der Waals surface area contributed by atoms with Crippen LogP contribution in [-0.4, -0.2) is 17.7 Å². The number of hydrogen-bond donors (Lipinski definition) is 0. The van der Waals surface area contributed by atoms with Gasteiger partial charge in [0, 0.05) is 37.3 Å². The second-order valence-electron chi connectivity index (χ2n) is 3.96. The summed E-state index contributed by atoms with van der Waals surface area (Å²) in [4.78, 5) is 13.2. The summed E-state index contributed by atoms with van der Waals surface area (Å²) in [5.74, 6) is 1.19. The number of allylic oxidation sites excluding steroid dienone is 2. The predicted molar refractivity (Wildman–Crippen MR) is 57.2 cm³/mol. The van der Waals surface area contributed by atoms with Crippen molar-refractivity contribution in [1.82, 2.24) is 4.90 Å². The summed E-state index contributed by atoms with van der Waals surface area (Å²) < 4.78 is 5.24. The van der Waals surface area contributed by atoms with Crippen molar-refractivity contribution in [1.29, 1.82) is 0 Å². The van der Waals surface area contributed by atoms with E-state index in [4.69, 9.17) is 4.42 Å². The van der Waals surface area contributed by atoms with Gasteiger partial charge >= 0.3 is 0 Å². The standard InChI is InChI=1S/C12H15NO2/c1-9-10(5-6-15-9)8-13(2)11-3-4-12(14)7-11/h5-7H,3-4,8H2,1-2H3. The fourth-order valence-corrected chi connectivity index (χ4v) is 1.81. The van der Waals surface area contributed by atoms with Gasteiger partial charge in [-0.15, -0.1) is 0 Å². The number of hydrogen-bond acceptors (Lipinski definition) is 3. The van der Waals surface area contributed by atoms with E-state index in [1.165, 1.54) is 5.56 Å². The van der Waals surface area contributed by atoms with Gasteiger partial charge in [-0.3, -0.25) is 4.79 Å². The van der Waals surface area contributed by atoms with E-state index in [-0.39, 0.29) is 5.78 Å². The van der Waals surface area contributed by atoms with Crippen LogP contribution in [0.1, 0.15) is 24.2 Å². The molecule has 1 aromatic rings. The Bertz CT molecular complexity index is 404. The van der Waals surface area contributed by atoms with E-state index in [9.17, 15) is 4.79 Å². The van der Waals surface area contributed by atoms with E-state index in [1.807, 2.05) is 20.0 Å². The van der Waals surface area contributed by atoms with Crippen molar-refractivity contribution in [2.24, 2.45) is 0 Å². The summed E-state index contributed by atoms with van der Waals surface area (Å²) in [5, 5.41) is 0. The van der Waals surface area contributed by atoms with Crippen molar-refractivity contribution in [3.63, 3.8) is 0 Å². The zero-order valence-corrected chi connectivity index (χ0v) is 9.12. The van der Waals surface area contributed by atoms with Gasteiger partial charge in [-0.25, -0.2) is 0 Å². The molecule has 3 nitrogen and oxygen atoms in total. The topological polar surface area (TPSA) is 33.5 Å². The van der Waals surface area contributed by atoms with Gasteiger partial charge in [0.25, 0.3) is 0 Å². The van der Waals surface area contributed by atoms with E-state index in [2.05, 4.69) is 4.90 Å². The van der Waals surface area contributed by atoms with Gasteiger partial charge in [-0.05, 0) is 19.4 Å². The molecule has 1 aliphatic rings. The maximum atomic E-state index is 11.1. The van der Waals surface area contributed by atoms with E-state index in [1.54, 1.807) is 12.3 Å². The van der Waals surface area contributed by atoms with Crippen LogP contribution in [0.4, 0.5) is 0 Å². The molecule has 0 spiro atoms. The third-order valence-corrected chi connectivity index (χ3v) is 2.82. The lowest BCUT2D eigenvalue weighted by atomic mass is 10.2. The van der Waals surface area contributed by atoms with Crippen LogP contribution in [0.15, 0.2) is 28.5 Å². The molecular formula is C12H15NO2. The van der Waals surface area contributed by atoms with Crippen molar-refractivity contribution in [2.45, 2.75) is 26.3 Å². The molecular weight excluding hydrogens is 190 g/mol. The van der Waals surface area contributed by atoms with E-state index in [0.29, 0.717) is 6.42 Å². The SMILES string of the molecule is Cc1occc1CN(C)C1=CC(=O)CC1. The number of ketones is 1. The van der Waals surface area contributed by atoms with Crippen molar-refractivity contribution in [3.05, 3.63) is 35.4 Å². The molecule has 1 aromatic heterocycles. The normalized spacial score (nSPS) is 15.6. The molecule has 3 heteroatoms. The molecule has 15 heavy (non-hydrogen) atoms. The molecule has 1 aliphatic carbocycles. The third kappa shape index (κ3) is 2.12. The average molecular weight is 205 g/mol. The highest BCUT2D eigenvalue weighted by Crippen LogP contribution is 2.21. The molecule has 0 radical (unpaired) electrons. The zero-order chi connectivity index (χ0) is 10.8. The first kappa shape index (κ1) is 10.0. The quantitative estimate of drug-likeness (QED) is 0.759. The molecule has 1 heterocycles. The zero-order valence-electron chi connectivity index (χ0n) is 9.12. The minimum atomic E-state index is 0.237. The largest absolute Gasteiger partial charge is 0.469 e. The number of carbonyl (C=O) groups excluding carboxylic acids is 1. The highest BCUT2D eigenvalue weighted by molar-refractivity contribution is 5.92. The first-order valence-electron chi connectivity index (χ1n) is 5.14. The van der Waals surface area contributed by atoms with Crippen LogP contribution in [0.3, 0.4) is 0 Å². The van der Waals surface area contributed by atoms with E-state index < -0.39 is 0 Å². The fraction of sp³-hybridized carbons (Fsp3) is 0.417. The summed E-state index contributed by atoms with van der Waals surface area (Å²) in [5.41, 5.74) is 2.30. The molecule has 2 rings (SSSR count). The van der Waals surface area contributed by atoms with Gasteiger partial charge in [0.15, 0.2) is 5.78 Å². The lowest BCUT2D eigenvalue weighted by Crippen LogP contribution is -2.16. The highest BCUT2D eigenvalue weighted by atomic mass is 16.3. The molecule has 0 fully saturated rings. The van der Waals surface area contributed by atoms with Gasteiger partial charge in [-0.1, -0.05) is 0 Å². The molecule has 0 saturated heterocycles. The Kier molecular flexibility index (Phi) is 2.62. The van der Waals surface area contributed by atoms with Crippen molar-refractivity contribution < 1.29 is 9.21 Å². The third-order valence-electron chi connectivity index (χ3n) is 2.82. The number of rotatable bonds is 3. The molecule has 0 bridgehead atoms. The summed E-state index contributed by atoms with van der Waals surface area (Å²) in [6.07, 6.45) is 4.97. The summed E-state index contributed by atoms with van der Waals surface area (Å²) >= 11 is 0. The second kappa shape index (κ2) is 3.93. The van der Waals surface area contributed by atoms with Gasteiger partial charge in [0.1, 0.15) is 5.76 Å². The van der Waals surface area contributed by atoms with Crippen LogP contribution in [0.5, 0.6) is 0 Å². The lowest BCUT2D eigenvalue weighted by Gasteiger charge is -2.19. The molecule has 0 unspecified atom stereocenters. The predicted octanol–water partition coefficient (Wildman–Crippen LogP) is 2.27. The first-order valence-corrected chi connectivity index (χ1v) is 5.14. The molecule has 0 aromatic carbocycles. The van der Waals surface area contributed by atoms with E-state index in [0.717, 1.165) is 24.4 Å². The molecule has 80 valence electrons. The molecule has 0 amide bonds. The number of carbonyl (C=O) groups is 1. The highest BCUT2D eigenvalue weighted by Gasteiger charge is 2.16. The summed E-state index contributed by atoms with van der Waals surface area (Å²) in [6, 6.07) is 1.98.